The van der Waals surface area contributed by atoms with Crippen LogP contribution in [0, 0.1) is 0 Å². The molecule has 0 unspecified atom stereocenters. The van der Waals surface area contributed by atoms with Crippen molar-refractivity contribution in [2.24, 2.45) is 0 Å². The summed E-state index contributed by atoms with van der Waals surface area (Å²) in [4.78, 5) is 14.1. The van der Waals surface area contributed by atoms with Crippen LogP contribution in [0.25, 0.3) is 0 Å². The van der Waals surface area contributed by atoms with Crippen LogP contribution in [0.5, 0.6) is 11.5 Å². The number of nitrogens with zero attached hydrogens (tertiary/aromatic N) is 1. The maximum atomic E-state index is 12.0. The zero-order valence-corrected chi connectivity index (χ0v) is 16.5. The minimum absolute atomic E-state index is 0.186. The summed E-state index contributed by atoms with van der Waals surface area (Å²) < 4.78 is 10.6. The van der Waals surface area contributed by atoms with Crippen molar-refractivity contribution in [3.05, 3.63) is 59.2 Å². The Hall–Kier alpha value is -2.73. The van der Waals surface area contributed by atoms with Gasteiger partial charge in [-0.2, -0.15) is 0 Å². The van der Waals surface area contributed by atoms with E-state index in [1.54, 1.807) is 14.2 Å². The average molecular weight is 371 g/mol. The molecule has 2 aromatic carbocycles. The summed E-state index contributed by atoms with van der Waals surface area (Å²) in [7, 11) is 7.35. The number of benzene rings is 2. The first kappa shape index (κ1) is 20.6. The van der Waals surface area contributed by atoms with E-state index in [-0.39, 0.29) is 6.03 Å². The highest BCUT2D eigenvalue weighted by atomic mass is 16.5. The fourth-order valence-electron chi connectivity index (χ4n) is 2.76. The molecule has 2 rings (SSSR count). The van der Waals surface area contributed by atoms with Gasteiger partial charge >= 0.3 is 6.03 Å². The van der Waals surface area contributed by atoms with E-state index in [2.05, 4.69) is 27.7 Å². The zero-order valence-electron chi connectivity index (χ0n) is 16.5. The minimum Gasteiger partial charge on any atom is -0.497 e. The molecular weight excluding hydrogens is 342 g/mol. The standard InChI is InChI=1S/C21H29N3O3/c1-24(2)15-17-7-5-16(6-8-17)14-23-21(25)22-12-11-18-13-19(26-3)9-10-20(18)27-4/h5-10,13H,11-12,14-15H2,1-4H3,(H2,22,23,25). The van der Waals surface area contributed by atoms with Crippen molar-refractivity contribution < 1.29 is 14.3 Å². The molecule has 0 heterocycles. The first-order valence-corrected chi connectivity index (χ1v) is 8.97. The zero-order chi connectivity index (χ0) is 19.6. The normalized spacial score (nSPS) is 10.6. The highest BCUT2D eigenvalue weighted by Crippen LogP contribution is 2.24. The molecule has 0 fully saturated rings. The minimum atomic E-state index is -0.186. The van der Waals surface area contributed by atoms with Gasteiger partial charge in [-0.3, -0.25) is 0 Å². The van der Waals surface area contributed by atoms with Gasteiger partial charge in [0.05, 0.1) is 14.2 Å². The number of carbonyl (C=O) groups excluding carboxylic acids is 1. The van der Waals surface area contributed by atoms with E-state index in [1.807, 2.05) is 44.4 Å². The van der Waals surface area contributed by atoms with Crippen molar-refractivity contribution in [1.29, 1.82) is 0 Å². The number of hydrogen-bond acceptors (Lipinski definition) is 4. The molecule has 27 heavy (non-hydrogen) atoms. The molecule has 6 heteroatoms. The van der Waals surface area contributed by atoms with E-state index in [1.165, 1.54) is 5.56 Å². The van der Waals surface area contributed by atoms with E-state index >= 15 is 0 Å². The van der Waals surface area contributed by atoms with Crippen LogP contribution in [-0.2, 0) is 19.5 Å². The lowest BCUT2D eigenvalue weighted by Crippen LogP contribution is -2.36. The second-order valence-corrected chi connectivity index (χ2v) is 6.59. The molecule has 0 aromatic heterocycles. The Morgan fingerprint density at radius 2 is 1.67 bits per heavy atom. The molecular formula is C21H29N3O3. The van der Waals surface area contributed by atoms with Gasteiger partial charge in [0.2, 0.25) is 0 Å². The molecule has 0 saturated carbocycles. The molecule has 2 aromatic rings. The van der Waals surface area contributed by atoms with E-state index < -0.39 is 0 Å². The van der Waals surface area contributed by atoms with E-state index in [4.69, 9.17) is 9.47 Å². The molecule has 0 aliphatic rings. The van der Waals surface area contributed by atoms with Crippen LogP contribution < -0.4 is 20.1 Å². The Labute approximate surface area is 161 Å². The number of urea groups is 1. The van der Waals surface area contributed by atoms with Gasteiger partial charge in [-0.1, -0.05) is 24.3 Å². The smallest absolute Gasteiger partial charge is 0.315 e. The molecule has 0 atom stereocenters. The quantitative estimate of drug-likeness (QED) is 0.712. The van der Waals surface area contributed by atoms with Crippen molar-refractivity contribution >= 4 is 6.03 Å². The molecule has 0 aliphatic carbocycles. The summed E-state index contributed by atoms with van der Waals surface area (Å²) in [6.07, 6.45) is 0.660. The van der Waals surface area contributed by atoms with Gasteiger partial charge in [0.25, 0.3) is 0 Å². The Kier molecular flexibility index (Phi) is 7.95. The summed E-state index contributed by atoms with van der Waals surface area (Å²) in [6, 6.07) is 13.7. The third-order valence-electron chi connectivity index (χ3n) is 4.14. The summed E-state index contributed by atoms with van der Waals surface area (Å²) >= 11 is 0. The molecule has 2 N–H and O–H groups in total. The molecule has 0 spiro atoms. The molecule has 0 bridgehead atoms. The fourth-order valence-corrected chi connectivity index (χ4v) is 2.76. The second-order valence-electron chi connectivity index (χ2n) is 6.59. The number of rotatable bonds is 9. The maximum absolute atomic E-state index is 12.0. The van der Waals surface area contributed by atoms with Crippen LogP contribution in [0.2, 0.25) is 0 Å². The van der Waals surface area contributed by atoms with E-state index in [0.29, 0.717) is 19.5 Å². The van der Waals surface area contributed by atoms with Gasteiger partial charge in [0, 0.05) is 19.6 Å². The highest BCUT2D eigenvalue weighted by molar-refractivity contribution is 5.73. The summed E-state index contributed by atoms with van der Waals surface area (Å²) in [6.45, 7) is 1.91. The van der Waals surface area contributed by atoms with Crippen molar-refractivity contribution in [3.8, 4) is 11.5 Å². The van der Waals surface area contributed by atoms with Crippen molar-refractivity contribution in [3.63, 3.8) is 0 Å². The molecule has 146 valence electrons. The third-order valence-corrected chi connectivity index (χ3v) is 4.14. The van der Waals surface area contributed by atoms with Crippen molar-refractivity contribution in [2.45, 2.75) is 19.5 Å². The second kappa shape index (κ2) is 10.4. The molecule has 0 radical (unpaired) electrons. The monoisotopic (exact) mass is 371 g/mol. The van der Waals surface area contributed by atoms with Crippen LogP contribution in [0.3, 0.4) is 0 Å². The number of nitrogens with one attached hydrogen (secondary N) is 2. The van der Waals surface area contributed by atoms with Gasteiger partial charge < -0.3 is 25.0 Å². The van der Waals surface area contributed by atoms with Crippen LogP contribution >= 0.6 is 0 Å². The SMILES string of the molecule is COc1ccc(OC)c(CCNC(=O)NCc2ccc(CN(C)C)cc2)c1. The largest absolute Gasteiger partial charge is 0.497 e. The summed E-state index contributed by atoms with van der Waals surface area (Å²) in [5.74, 6) is 1.56. The molecule has 2 amide bonds. The lowest BCUT2D eigenvalue weighted by Gasteiger charge is -2.12. The molecule has 6 nitrogen and oxygen atoms in total. The maximum Gasteiger partial charge on any atom is 0.315 e. The summed E-state index contributed by atoms with van der Waals surface area (Å²) in [5, 5.41) is 5.75. The van der Waals surface area contributed by atoms with Gasteiger partial charge in [0.1, 0.15) is 11.5 Å². The fraction of sp³-hybridized carbons (Fsp3) is 0.381. The number of amides is 2. The Morgan fingerprint density at radius 1 is 0.963 bits per heavy atom. The predicted octanol–water partition coefficient (Wildman–Crippen LogP) is 2.81. The third kappa shape index (κ3) is 6.83. The Balaban J connectivity index is 1.76. The number of carbonyl (C=O) groups is 1. The van der Waals surface area contributed by atoms with Crippen LogP contribution in [0.15, 0.2) is 42.5 Å². The first-order chi connectivity index (χ1) is 13.0. The lowest BCUT2D eigenvalue weighted by atomic mass is 10.1. The Bertz CT molecular complexity index is 730. The number of methoxy groups -OCH3 is 2. The lowest BCUT2D eigenvalue weighted by molar-refractivity contribution is 0.240. The number of hydrogen-bond donors (Lipinski definition) is 2. The Morgan fingerprint density at radius 3 is 2.30 bits per heavy atom. The van der Waals surface area contributed by atoms with Crippen molar-refractivity contribution in [2.75, 3.05) is 34.9 Å². The van der Waals surface area contributed by atoms with E-state index in [0.717, 1.165) is 29.2 Å². The average Bonchev–Trinajstić information content (AvgIpc) is 2.67. The summed E-state index contributed by atoms with van der Waals surface area (Å²) in [5.41, 5.74) is 3.32. The van der Waals surface area contributed by atoms with Crippen molar-refractivity contribution in [1.82, 2.24) is 15.5 Å². The highest BCUT2D eigenvalue weighted by Gasteiger charge is 2.06. The number of ether oxygens (including phenoxy) is 2. The first-order valence-electron chi connectivity index (χ1n) is 8.97. The van der Waals surface area contributed by atoms with Gasteiger partial charge in [-0.05, 0) is 55.4 Å². The van der Waals surface area contributed by atoms with Crippen LogP contribution in [0.1, 0.15) is 16.7 Å². The van der Waals surface area contributed by atoms with Gasteiger partial charge in [0.15, 0.2) is 0 Å². The molecule has 0 aliphatic heterocycles. The van der Waals surface area contributed by atoms with Gasteiger partial charge in [-0.15, -0.1) is 0 Å². The molecule has 0 saturated heterocycles. The topological polar surface area (TPSA) is 62.8 Å². The van der Waals surface area contributed by atoms with E-state index in [9.17, 15) is 4.79 Å². The van der Waals surface area contributed by atoms with Crippen LogP contribution in [0.4, 0.5) is 4.79 Å². The van der Waals surface area contributed by atoms with Gasteiger partial charge in [-0.25, -0.2) is 4.79 Å². The van der Waals surface area contributed by atoms with Crippen LogP contribution in [-0.4, -0.2) is 45.8 Å². The predicted molar refractivity (Wildman–Crippen MR) is 107 cm³/mol.